The summed E-state index contributed by atoms with van der Waals surface area (Å²) in [4.78, 5) is 1.20. The van der Waals surface area contributed by atoms with Crippen LogP contribution in [0.2, 0.25) is 0 Å². The molecular formula is C15H10Br2N2S. The van der Waals surface area contributed by atoms with Gasteiger partial charge in [-0.2, -0.15) is 0 Å². The van der Waals surface area contributed by atoms with E-state index in [0.717, 1.165) is 25.7 Å². The smallest absolute Gasteiger partial charge is 0.143 e. The Kier molecular flexibility index (Phi) is 4.38. The van der Waals surface area contributed by atoms with Crippen molar-refractivity contribution in [1.82, 2.24) is 10.2 Å². The van der Waals surface area contributed by atoms with Crippen molar-refractivity contribution in [2.45, 2.75) is 10.6 Å². The lowest BCUT2D eigenvalue weighted by molar-refractivity contribution is 1.04. The molecule has 2 aromatic carbocycles. The van der Waals surface area contributed by atoms with Crippen molar-refractivity contribution in [3.63, 3.8) is 0 Å². The molecular weight excluding hydrogens is 400 g/mol. The second kappa shape index (κ2) is 6.24. The highest BCUT2D eigenvalue weighted by Gasteiger charge is 2.06. The zero-order chi connectivity index (χ0) is 13.9. The molecule has 3 rings (SSSR count). The van der Waals surface area contributed by atoms with Gasteiger partial charge in [0.05, 0.1) is 9.99 Å². The number of hydrogen-bond donors (Lipinski definition) is 0. The summed E-state index contributed by atoms with van der Waals surface area (Å²) in [5, 5.41) is 9.36. The predicted octanol–water partition coefficient (Wildman–Crippen LogP) is 5.45. The zero-order valence-corrected chi connectivity index (χ0v) is 14.4. The van der Waals surface area contributed by atoms with E-state index in [1.807, 2.05) is 6.07 Å². The predicted molar refractivity (Wildman–Crippen MR) is 90.9 cm³/mol. The quantitative estimate of drug-likeness (QED) is 0.538. The number of rotatable bonds is 3. The molecule has 0 N–H and O–H groups in total. The first kappa shape index (κ1) is 14.0. The van der Waals surface area contributed by atoms with Crippen LogP contribution >= 0.6 is 43.6 Å². The van der Waals surface area contributed by atoms with Gasteiger partial charge in [0.25, 0.3) is 0 Å². The number of benzene rings is 2. The number of halogens is 2. The Morgan fingerprint density at radius 2 is 1.75 bits per heavy atom. The number of aromatic nitrogens is 2. The summed E-state index contributed by atoms with van der Waals surface area (Å²) in [7, 11) is 0. The summed E-state index contributed by atoms with van der Waals surface area (Å²) in [5.74, 6) is 0.956. The van der Waals surface area contributed by atoms with E-state index in [2.05, 4.69) is 84.5 Å². The molecule has 0 aliphatic carbocycles. The van der Waals surface area contributed by atoms with Gasteiger partial charge in [0, 0.05) is 16.0 Å². The van der Waals surface area contributed by atoms with Crippen molar-refractivity contribution >= 4 is 54.5 Å². The summed E-state index contributed by atoms with van der Waals surface area (Å²) in [6.45, 7) is 0. The second-order valence-electron chi connectivity index (χ2n) is 4.26. The van der Waals surface area contributed by atoms with E-state index < -0.39 is 0 Å². The SMILES string of the molecule is Brc1nnc2cc(SCc3ccccc3)ccc2c1Br. The van der Waals surface area contributed by atoms with Gasteiger partial charge < -0.3 is 0 Å². The molecule has 0 spiro atoms. The molecule has 1 aromatic heterocycles. The Hall–Kier alpha value is -0.910. The molecule has 0 saturated carbocycles. The lowest BCUT2D eigenvalue weighted by Gasteiger charge is -2.05. The fraction of sp³-hybridized carbons (Fsp3) is 0.0667. The molecule has 0 aliphatic rings. The topological polar surface area (TPSA) is 25.8 Å². The molecule has 1 heterocycles. The minimum absolute atomic E-state index is 0.731. The van der Waals surface area contributed by atoms with Crippen LogP contribution in [0, 0.1) is 0 Å². The summed E-state index contributed by atoms with van der Waals surface area (Å²) >= 11 is 8.70. The standard InChI is InChI=1S/C15H10Br2N2S/c16-14-12-7-6-11(8-13(12)18-19-15(14)17)20-9-10-4-2-1-3-5-10/h1-8H,9H2. The van der Waals surface area contributed by atoms with Gasteiger partial charge >= 0.3 is 0 Å². The van der Waals surface area contributed by atoms with Crippen LogP contribution in [0.3, 0.4) is 0 Å². The van der Waals surface area contributed by atoms with Gasteiger partial charge in [0.2, 0.25) is 0 Å². The molecule has 2 nitrogen and oxygen atoms in total. The van der Waals surface area contributed by atoms with Gasteiger partial charge in [-0.15, -0.1) is 22.0 Å². The molecule has 0 saturated heterocycles. The highest BCUT2D eigenvalue weighted by atomic mass is 79.9. The Morgan fingerprint density at radius 3 is 2.55 bits per heavy atom. The molecule has 3 aromatic rings. The second-order valence-corrected chi connectivity index (χ2v) is 6.85. The van der Waals surface area contributed by atoms with Gasteiger partial charge in [-0.05, 0) is 49.6 Å². The minimum Gasteiger partial charge on any atom is -0.149 e. The molecule has 100 valence electrons. The average Bonchev–Trinajstić information content (AvgIpc) is 2.50. The Morgan fingerprint density at radius 1 is 0.950 bits per heavy atom. The van der Waals surface area contributed by atoms with Crippen LogP contribution in [0.5, 0.6) is 0 Å². The third-order valence-electron chi connectivity index (χ3n) is 2.88. The first-order chi connectivity index (χ1) is 9.74. The van der Waals surface area contributed by atoms with Crippen molar-refractivity contribution in [3.8, 4) is 0 Å². The molecule has 0 aliphatic heterocycles. The van der Waals surface area contributed by atoms with E-state index in [0.29, 0.717) is 0 Å². The highest BCUT2D eigenvalue weighted by Crippen LogP contribution is 2.31. The first-order valence-electron chi connectivity index (χ1n) is 6.02. The fourth-order valence-corrected chi connectivity index (χ4v) is 3.46. The summed E-state index contributed by atoms with van der Waals surface area (Å²) in [6.07, 6.45) is 0. The molecule has 0 fully saturated rings. The van der Waals surface area contributed by atoms with E-state index in [9.17, 15) is 0 Å². The van der Waals surface area contributed by atoms with Crippen LogP contribution in [0.4, 0.5) is 0 Å². The molecule has 0 atom stereocenters. The van der Waals surface area contributed by atoms with Crippen LogP contribution in [0.1, 0.15) is 5.56 Å². The van der Waals surface area contributed by atoms with Gasteiger partial charge in [-0.25, -0.2) is 0 Å². The normalized spacial score (nSPS) is 10.9. The number of hydrogen-bond acceptors (Lipinski definition) is 3. The fourth-order valence-electron chi connectivity index (χ4n) is 1.86. The lowest BCUT2D eigenvalue weighted by Crippen LogP contribution is -1.88. The van der Waals surface area contributed by atoms with Crippen LogP contribution in [0.15, 0.2) is 62.5 Å². The Labute approximate surface area is 138 Å². The monoisotopic (exact) mass is 408 g/mol. The lowest BCUT2D eigenvalue weighted by atomic mass is 10.2. The van der Waals surface area contributed by atoms with Crippen LogP contribution < -0.4 is 0 Å². The van der Waals surface area contributed by atoms with E-state index >= 15 is 0 Å². The summed E-state index contributed by atoms with van der Waals surface area (Å²) in [6, 6.07) is 16.7. The summed E-state index contributed by atoms with van der Waals surface area (Å²) in [5.41, 5.74) is 2.22. The van der Waals surface area contributed by atoms with Gasteiger partial charge in [-0.1, -0.05) is 36.4 Å². The van der Waals surface area contributed by atoms with Crippen molar-refractivity contribution in [3.05, 3.63) is 63.2 Å². The summed E-state index contributed by atoms with van der Waals surface area (Å²) < 4.78 is 1.68. The number of fused-ring (bicyclic) bond motifs is 1. The molecule has 0 unspecified atom stereocenters. The minimum atomic E-state index is 0.731. The van der Waals surface area contributed by atoms with Gasteiger partial charge in [0.15, 0.2) is 0 Å². The average molecular weight is 410 g/mol. The third kappa shape index (κ3) is 3.05. The van der Waals surface area contributed by atoms with Crippen LogP contribution in [-0.2, 0) is 5.75 Å². The molecule has 0 bridgehead atoms. The maximum absolute atomic E-state index is 4.22. The highest BCUT2D eigenvalue weighted by molar-refractivity contribution is 9.13. The van der Waals surface area contributed by atoms with E-state index in [4.69, 9.17) is 0 Å². The van der Waals surface area contributed by atoms with Crippen molar-refractivity contribution < 1.29 is 0 Å². The molecule has 0 radical (unpaired) electrons. The van der Waals surface area contributed by atoms with Gasteiger partial charge in [0.1, 0.15) is 4.60 Å². The molecule has 0 amide bonds. The van der Waals surface area contributed by atoms with E-state index in [-0.39, 0.29) is 0 Å². The van der Waals surface area contributed by atoms with Gasteiger partial charge in [-0.3, -0.25) is 0 Å². The number of thioether (sulfide) groups is 1. The maximum Gasteiger partial charge on any atom is 0.143 e. The third-order valence-corrected chi connectivity index (χ3v) is 5.84. The first-order valence-corrected chi connectivity index (χ1v) is 8.59. The Balaban J connectivity index is 1.85. The van der Waals surface area contributed by atoms with Crippen molar-refractivity contribution in [2.75, 3.05) is 0 Å². The largest absolute Gasteiger partial charge is 0.149 e. The Bertz CT molecular complexity index is 747. The maximum atomic E-state index is 4.22. The van der Waals surface area contributed by atoms with Crippen LogP contribution in [0.25, 0.3) is 10.9 Å². The van der Waals surface area contributed by atoms with Crippen molar-refractivity contribution in [1.29, 1.82) is 0 Å². The number of nitrogens with zero attached hydrogens (tertiary/aromatic N) is 2. The molecule has 5 heteroatoms. The van der Waals surface area contributed by atoms with Crippen LogP contribution in [-0.4, -0.2) is 10.2 Å². The van der Waals surface area contributed by atoms with E-state index in [1.54, 1.807) is 11.8 Å². The van der Waals surface area contributed by atoms with Crippen molar-refractivity contribution in [2.24, 2.45) is 0 Å². The zero-order valence-electron chi connectivity index (χ0n) is 10.4. The molecule has 20 heavy (non-hydrogen) atoms. The van der Waals surface area contributed by atoms with E-state index in [1.165, 1.54) is 10.5 Å².